The molecule has 8 heteroatoms. The Morgan fingerprint density at radius 1 is 1.29 bits per heavy atom. The van der Waals surface area contributed by atoms with Crippen LogP contribution in [0.5, 0.6) is 0 Å². The Hall–Kier alpha value is -2.90. The molecule has 24 heavy (non-hydrogen) atoms. The third-order valence-corrected chi connectivity index (χ3v) is 4.06. The van der Waals surface area contributed by atoms with Gasteiger partial charge in [-0.05, 0) is 26.0 Å². The Morgan fingerprint density at radius 3 is 2.71 bits per heavy atom. The third kappa shape index (κ3) is 3.08. The molecule has 1 N–H and O–H groups in total. The Balaban J connectivity index is 1.68. The first-order chi connectivity index (χ1) is 11.6. The van der Waals surface area contributed by atoms with Gasteiger partial charge in [-0.25, -0.2) is 9.78 Å². The largest absolute Gasteiger partial charge is 0.325 e. The minimum Gasteiger partial charge on any atom is -0.311 e. The van der Waals surface area contributed by atoms with Gasteiger partial charge in [-0.15, -0.1) is 5.10 Å². The summed E-state index contributed by atoms with van der Waals surface area (Å²) in [7, 11) is 0. The molecule has 3 rings (SSSR count). The van der Waals surface area contributed by atoms with Crippen molar-refractivity contribution < 1.29 is 9.59 Å². The highest BCUT2D eigenvalue weighted by Gasteiger charge is 2.35. The predicted octanol–water partition coefficient (Wildman–Crippen LogP) is 1.57. The van der Waals surface area contributed by atoms with Gasteiger partial charge in [0.2, 0.25) is 11.9 Å². The second kappa shape index (κ2) is 6.69. The minimum atomic E-state index is -0.549. The molecule has 8 nitrogen and oxygen atoms in total. The molecular weight excluding hydrogens is 308 g/mol. The van der Waals surface area contributed by atoms with Crippen molar-refractivity contribution in [2.45, 2.75) is 26.4 Å². The second-order valence-corrected chi connectivity index (χ2v) is 5.55. The molecule has 0 spiro atoms. The number of amides is 3. The monoisotopic (exact) mass is 328 g/mol. The molecule has 3 amide bonds. The van der Waals surface area contributed by atoms with Gasteiger partial charge in [0, 0.05) is 25.3 Å². The van der Waals surface area contributed by atoms with E-state index in [-0.39, 0.29) is 17.9 Å². The van der Waals surface area contributed by atoms with Gasteiger partial charge in [0.05, 0.1) is 0 Å². The third-order valence-electron chi connectivity index (χ3n) is 4.06. The van der Waals surface area contributed by atoms with E-state index in [1.807, 2.05) is 37.3 Å². The van der Waals surface area contributed by atoms with Crippen LogP contribution in [0, 0.1) is 0 Å². The van der Waals surface area contributed by atoms with Gasteiger partial charge in [0.1, 0.15) is 12.4 Å². The van der Waals surface area contributed by atoms with Crippen LogP contribution >= 0.6 is 0 Å². The number of aromatic nitrogens is 3. The van der Waals surface area contributed by atoms with E-state index in [0.29, 0.717) is 19.6 Å². The van der Waals surface area contributed by atoms with Crippen molar-refractivity contribution in [2.75, 3.05) is 23.3 Å². The molecule has 0 radical (unpaired) electrons. The summed E-state index contributed by atoms with van der Waals surface area (Å²) in [6, 6.07) is 8.56. The fourth-order valence-electron chi connectivity index (χ4n) is 2.68. The Labute approximate surface area is 140 Å². The highest BCUT2D eigenvalue weighted by atomic mass is 16.2. The topological polar surface area (TPSA) is 83.4 Å². The smallest absolute Gasteiger partial charge is 0.311 e. The molecule has 1 aliphatic rings. The number of piperazine rings is 1. The van der Waals surface area contributed by atoms with Gasteiger partial charge in [-0.3, -0.25) is 14.8 Å². The minimum absolute atomic E-state index is 0.102. The number of nitrogens with zero attached hydrogens (tertiary/aromatic N) is 5. The molecule has 126 valence electrons. The summed E-state index contributed by atoms with van der Waals surface area (Å²) in [6.07, 6.45) is 1.55. The van der Waals surface area contributed by atoms with Gasteiger partial charge in [0.15, 0.2) is 0 Å². The maximum absolute atomic E-state index is 12.6. The van der Waals surface area contributed by atoms with Crippen LogP contribution in [0.15, 0.2) is 36.7 Å². The first kappa shape index (κ1) is 16.0. The van der Waals surface area contributed by atoms with Crippen LogP contribution in [0.4, 0.5) is 16.4 Å². The summed E-state index contributed by atoms with van der Waals surface area (Å²) >= 11 is 0. The number of rotatable bonds is 3. The van der Waals surface area contributed by atoms with Gasteiger partial charge in [-0.1, -0.05) is 18.2 Å². The van der Waals surface area contributed by atoms with E-state index in [1.165, 1.54) is 4.90 Å². The summed E-state index contributed by atoms with van der Waals surface area (Å²) in [6.45, 7) is 5.24. The number of benzene rings is 1. The molecule has 0 aliphatic carbocycles. The van der Waals surface area contributed by atoms with Crippen molar-refractivity contribution in [1.29, 1.82) is 0 Å². The van der Waals surface area contributed by atoms with Crippen LogP contribution in [-0.2, 0) is 11.3 Å². The SMILES string of the molecule is CCn1cnc(NC(=O)N2CCN(c3ccccc3)C(=O)C2C)n1. The number of anilines is 2. The van der Waals surface area contributed by atoms with E-state index in [9.17, 15) is 9.59 Å². The number of carbonyl (C=O) groups is 2. The Kier molecular flexibility index (Phi) is 4.45. The zero-order chi connectivity index (χ0) is 17.1. The maximum atomic E-state index is 12.6. The summed E-state index contributed by atoms with van der Waals surface area (Å²) < 4.78 is 1.62. The number of para-hydroxylation sites is 1. The summed E-state index contributed by atoms with van der Waals surface area (Å²) in [4.78, 5) is 32.3. The van der Waals surface area contributed by atoms with Crippen molar-refractivity contribution in [3.8, 4) is 0 Å². The van der Waals surface area contributed by atoms with Gasteiger partial charge < -0.3 is 9.80 Å². The molecule has 0 bridgehead atoms. The summed E-state index contributed by atoms with van der Waals surface area (Å²) in [5.41, 5.74) is 0.845. The molecule has 0 saturated carbocycles. The van der Waals surface area contributed by atoms with Crippen molar-refractivity contribution in [3.63, 3.8) is 0 Å². The summed E-state index contributed by atoms with van der Waals surface area (Å²) in [5.74, 6) is 0.140. The van der Waals surface area contributed by atoms with Crippen molar-refractivity contribution >= 4 is 23.6 Å². The number of aryl methyl sites for hydroxylation is 1. The van der Waals surface area contributed by atoms with Crippen molar-refractivity contribution in [1.82, 2.24) is 19.7 Å². The van der Waals surface area contributed by atoms with Crippen LogP contribution in [0.2, 0.25) is 0 Å². The number of nitrogens with one attached hydrogen (secondary N) is 1. The first-order valence-electron chi connectivity index (χ1n) is 7.93. The van der Waals surface area contributed by atoms with Crippen LogP contribution in [0.1, 0.15) is 13.8 Å². The second-order valence-electron chi connectivity index (χ2n) is 5.55. The van der Waals surface area contributed by atoms with Crippen molar-refractivity contribution in [2.24, 2.45) is 0 Å². The maximum Gasteiger partial charge on any atom is 0.325 e. The summed E-state index contributed by atoms with van der Waals surface area (Å²) in [5, 5.41) is 6.77. The lowest BCUT2D eigenvalue weighted by Gasteiger charge is -2.38. The van der Waals surface area contributed by atoms with E-state index < -0.39 is 6.04 Å². The number of carbonyl (C=O) groups excluding carboxylic acids is 2. The zero-order valence-electron chi connectivity index (χ0n) is 13.7. The van der Waals surface area contributed by atoms with E-state index in [0.717, 1.165) is 5.69 Å². The molecule has 2 aromatic rings. The zero-order valence-corrected chi connectivity index (χ0v) is 13.7. The van der Waals surface area contributed by atoms with Crippen LogP contribution in [0.25, 0.3) is 0 Å². The molecular formula is C16H20N6O2. The van der Waals surface area contributed by atoms with Gasteiger partial charge >= 0.3 is 6.03 Å². The molecule has 1 atom stereocenters. The number of hydrogen-bond acceptors (Lipinski definition) is 4. The first-order valence-corrected chi connectivity index (χ1v) is 7.93. The quantitative estimate of drug-likeness (QED) is 0.927. The van der Waals surface area contributed by atoms with Gasteiger partial charge in [-0.2, -0.15) is 0 Å². The average Bonchev–Trinajstić information content (AvgIpc) is 3.05. The highest BCUT2D eigenvalue weighted by molar-refractivity contribution is 6.01. The Morgan fingerprint density at radius 2 is 2.04 bits per heavy atom. The van der Waals surface area contributed by atoms with Gasteiger partial charge in [0.25, 0.3) is 0 Å². The van der Waals surface area contributed by atoms with E-state index in [2.05, 4.69) is 15.4 Å². The average molecular weight is 328 g/mol. The number of urea groups is 1. The van der Waals surface area contributed by atoms with E-state index in [1.54, 1.807) is 22.8 Å². The standard InChI is InChI=1S/C16H20N6O2/c1-3-20-11-17-15(19-20)18-16(24)21-9-10-22(14(23)12(21)2)13-7-5-4-6-8-13/h4-8,11-12H,3,9-10H2,1-2H3,(H,18,19,24). The lowest BCUT2D eigenvalue weighted by molar-refractivity contribution is -0.123. The van der Waals surface area contributed by atoms with Crippen LogP contribution in [-0.4, -0.2) is 50.7 Å². The highest BCUT2D eigenvalue weighted by Crippen LogP contribution is 2.20. The lowest BCUT2D eigenvalue weighted by Crippen LogP contribution is -2.58. The molecule has 1 aromatic carbocycles. The molecule has 1 saturated heterocycles. The van der Waals surface area contributed by atoms with Crippen LogP contribution < -0.4 is 10.2 Å². The Bertz CT molecular complexity index is 729. The number of hydrogen-bond donors (Lipinski definition) is 1. The molecule has 1 aliphatic heterocycles. The molecule has 1 fully saturated rings. The van der Waals surface area contributed by atoms with Crippen LogP contribution in [0.3, 0.4) is 0 Å². The molecule has 1 aromatic heterocycles. The van der Waals surface area contributed by atoms with E-state index >= 15 is 0 Å². The normalized spacial score (nSPS) is 17.9. The molecule has 2 heterocycles. The fourth-order valence-corrected chi connectivity index (χ4v) is 2.68. The lowest BCUT2D eigenvalue weighted by atomic mass is 10.1. The predicted molar refractivity (Wildman–Crippen MR) is 89.7 cm³/mol. The van der Waals surface area contributed by atoms with Crippen molar-refractivity contribution in [3.05, 3.63) is 36.7 Å². The van der Waals surface area contributed by atoms with E-state index in [4.69, 9.17) is 0 Å². The molecule has 1 unspecified atom stereocenters. The fraction of sp³-hybridized carbons (Fsp3) is 0.375.